The largest absolute Gasteiger partial charge is 0.297 e. The van der Waals surface area contributed by atoms with E-state index in [1.807, 2.05) is 30.3 Å². The van der Waals surface area contributed by atoms with Crippen LogP contribution in [-0.4, -0.2) is 19.8 Å². The molecular formula is C11H14O4S. The Balaban J connectivity index is 2.92. The molecule has 0 heterocycles. The summed E-state index contributed by atoms with van der Waals surface area (Å²) in [6, 6.07) is 9.15. The van der Waals surface area contributed by atoms with Crippen LogP contribution in [0.4, 0.5) is 0 Å². The van der Waals surface area contributed by atoms with E-state index in [1.54, 1.807) is 0 Å². The third-order valence-electron chi connectivity index (χ3n) is 2.41. The first kappa shape index (κ1) is 12.9. The zero-order valence-corrected chi connectivity index (χ0v) is 10.1. The van der Waals surface area contributed by atoms with Gasteiger partial charge in [0.2, 0.25) is 0 Å². The standard InChI is InChI=1S/C11H14O4S/c1-9(12)11(2,15-16(13)14)8-10-6-4-3-5-7-10/h3-7,16H,8H2,1-2H3. The van der Waals surface area contributed by atoms with Crippen molar-refractivity contribution in [2.24, 2.45) is 0 Å². The molecule has 0 fully saturated rings. The summed E-state index contributed by atoms with van der Waals surface area (Å²) < 4.78 is 25.9. The molecule has 5 heteroatoms. The Bertz CT molecular complexity index is 431. The highest BCUT2D eigenvalue weighted by Crippen LogP contribution is 2.19. The highest BCUT2D eigenvalue weighted by Gasteiger charge is 2.32. The molecule has 0 aliphatic heterocycles. The summed E-state index contributed by atoms with van der Waals surface area (Å²) in [6.45, 7) is 2.80. The fourth-order valence-corrected chi connectivity index (χ4v) is 1.89. The second-order valence-corrected chi connectivity index (χ2v) is 4.39. The average Bonchev–Trinajstić information content (AvgIpc) is 2.17. The Morgan fingerprint density at radius 1 is 1.31 bits per heavy atom. The minimum atomic E-state index is -3.04. The van der Waals surface area contributed by atoms with Crippen molar-refractivity contribution in [2.75, 3.05) is 0 Å². The van der Waals surface area contributed by atoms with Crippen LogP contribution >= 0.6 is 0 Å². The van der Waals surface area contributed by atoms with Crippen molar-refractivity contribution in [3.63, 3.8) is 0 Å². The fourth-order valence-electron chi connectivity index (χ4n) is 1.37. The lowest BCUT2D eigenvalue weighted by Gasteiger charge is -2.23. The summed E-state index contributed by atoms with van der Waals surface area (Å²) in [5.74, 6) is -0.310. The van der Waals surface area contributed by atoms with Crippen molar-refractivity contribution in [3.8, 4) is 0 Å². The smallest absolute Gasteiger partial charge is 0.258 e. The molecule has 1 unspecified atom stereocenters. The molecule has 0 saturated carbocycles. The molecule has 0 saturated heterocycles. The van der Waals surface area contributed by atoms with E-state index in [2.05, 4.69) is 0 Å². The van der Waals surface area contributed by atoms with Crippen LogP contribution in [0.15, 0.2) is 30.3 Å². The van der Waals surface area contributed by atoms with E-state index in [4.69, 9.17) is 4.18 Å². The van der Waals surface area contributed by atoms with Gasteiger partial charge in [-0.1, -0.05) is 30.3 Å². The lowest BCUT2D eigenvalue weighted by molar-refractivity contribution is -0.130. The number of carbonyl (C=O) groups is 1. The molecule has 88 valence electrons. The van der Waals surface area contributed by atoms with E-state index in [-0.39, 0.29) is 12.2 Å². The topological polar surface area (TPSA) is 60.4 Å². The van der Waals surface area contributed by atoms with Crippen LogP contribution < -0.4 is 0 Å². The summed E-state index contributed by atoms with van der Waals surface area (Å²) in [4.78, 5) is 11.4. The van der Waals surface area contributed by atoms with Crippen LogP contribution in [0.3, 0.4) is 0 Å². The van der Waals surface area contributed by atoms with E-state index < -0.39 is 16.6 Å². The third-order valence-corrected chi connectivity index (χ3v) is 2.96. The van der Waals surface area contributed by atoms with Gasteiger partial charge in [-0.25, -0.2) is 8.42 Å². The highest BCUT2D eigenvalue weighted by atomic mass is 32.2. The van der Waals surface area contributed by atoms with Gasteiger partial charge in [-0.3, -0.25) is 8.98 Å². The van der Waals surface area contributed by atoms with E-state index in [0.29, 0.717) is 0 Å². The monoisotopic (exact) mass is 242 g/mol. The molecule has 0 aliphatic carbocycles. The average molecular weight is 242 g/mol. The van der Waals surface area contributed by atoms with Gasteiger partial charge in [0.1, 0.15) is 5.60 Å². The number of hydrogen-bond donors (Lipinski definition) is 1. The lowest BCUT2D eigenvalue weighted by Crippen LogP contribution is -2.38. The van der Waals surface area contributed by atoms with Gasteiger partial charge in [0.25, 0.3) is 11.0 Å². The zero-order valence-electron chi connectivity index (χ0n) is 9.17. The van der Waals surface area contributed by atoms with Gasteiger partial charge in [-0.15, -0.1) is 0 Å². The third kappa shape index (κ3) is 3.43. The van der Waals surface area contributed by atoms with E-state index in [0.717, 1.165) is 5.56 Å². The quantitative estimate of drug-likeness (QED) is 0.786. The van der Waals surface area contributed by atoms with Crippen LogP contribution in [0, 0.1) is 0 Å². The highest BCUT2D eigenvalue weighted by molar-refractivity contribution is 7.67. The molecule has 16 heavy (non-hydrogen) atoms. The van der Waals surface area contributed by atoms with Crippen molar-refractivity contribution >= 4 is 16.8 Å². The van der Waals surface area contributed by atoms with E-state index >= 15 is 0 Å². The van der Waals surface area contributed by atoms with E-state index in [1.165, 1.54) is 13.8 Å². The minimum absolute atomic E-state index is 0.243. The molecule has 0 aromatic heterocycles. The molecule has 0 bridgehead atoms. The Morgan fingerprint density at radius 2 is 1.88 bits per heavy atom. The summed E-state index contributed by atoms with van der Waals surface area (Å²) in [5.41, 5.74) is -0.451. The minimum Gasteiger partial charge on any atom is -0.297 e. The van der Waals surface area contributed by atoms with Gasteiger partial charge in [0.05, 0.1) is 0 Å². The Labute approximate surface area is 96.4 Å². The molecule has 0 amide bonds. The number of rotatable bonds is 5. The normalized spacial score (nSPS) is 14.7. The number of thiol groups is 1. The first-order valence-electron chi connectivity index (χ1n) is 4.82. The maximum atomic E-state index is 11.4. The number of benzene rings is 1. The van der Waals surface area contributed by atoms with Crippen molar-refractivity contribution in [1.29, 1.82) is 0 Å². The van der Waals surface area contributed by atoms with Crippen molar-refractivity contribution in [2.45, 2.75) is 25.9 Å². The second kappa shape index (κ2) is 5.23. The van der Waals surface area contributed by atoms with Crippen LogP contribution in [0.5, 0.6) is 0 Å². The molecule has 4 nitrogen and oxygen atoms in total. The predicted molar refractivity (Wildman–Crippen MR) is 60.6 cm³/mol. The maximum absolute atomic E-state index is 11.4. The van der Waals surface area contributed by atoms with Crippen molar-refractivity contribution in [1.82, 2.24) is 0 Å². The Kier molecular flexibility index (Phi) is 4.20. The van der Waals surface area contributed by atoms with Gasteiger partial charge < -0.3 is 0 Å². The summed E-state index contributed by atoms with van der Waals surface area (Å²) in [7, 11) is -3.04. The summed E-state index contributed by atoms with van der Waals surface area (Å²) in [5, 5.41) is 0. The fraction of sp³-hybridized carbons (Fsp3) is 0.364. The van der Waals surface area contributed by atoms with Gasteiger partial charge in [0.15, 0.2) is 5.78 Å². The van der Waals surface area contributed by atoms with Crippen LogP contribution in [0.2, 0.25) is 0 Å². The lowest BCUT2D eigenvalue weighted by atomic mass is 9.93. The van der Waals surface area contributed by atoms with Gasteiger partial charge in [0, 0.05) is 6.42 Å². The number of carbonyl (C=O) groups excluding carboxylic acids is 1. The molecule has 1 rings (SSSR count). The van der Waals surface area contributed by atoms with Gasteiger partial charge in [-0.05, 0) is 19.4 Å². The van der Waals surface area contributed by atoms with Crippen LogP contribution in [0.1, 0.15) is 19.4 Å². The van der Waals surface area contributed by atoms with Crippen molar-refractivity contribution < 1.29 is 17.4 Å². The van der Waals surface area contributed by atoms with Gasteiger partial charge in [-0.2, -0.15) is 0 Å². The summed E-state index contributed by atoms with van der Waals surface area (Å²) >= 11 is 0. The predicted octanol–water partition coefficient (Wildman–Crippen LogP) is 1.12. The maximum Gasteiger partial charge on any atom is 0.258 e. The number of hydrogen-bond acceptors (Lipinski definition) is 4. The SMILES string of the molecule is CC(=O)C(C)(Cc1ccccc1)O[SH](=O)=O. The molecule has 0 aliphatic rings. The van der Waals surface area contributed by atoms with Crippen LogP contribution in [0.25, 0.3) is 0 Å². The molecule has 0 radical (unpaired) electrons. The second-order valence-electron chi connectivity index (χ2n) is 3.76. The number of ketones is 1. The van der Waals surface area contributed by atoms with Crippen LogP contribution in [-0.2, 0) is 26.4 Å². The molecule has 0 N–H and O–H groups in total. The number of Topliss-reactive ketones (excluding diaryl/α,β-unsaturated/α-hetero) is 1. The first-order chi connectivity index (χ1) is 7.44. The molecule has 1 aromatic carbocycles. The van der Waals surface area contributed by atoms with E-state index in [9.17, 15) is 13.2 Å². The molecule has 1 aromatic rings. The summed E-state index contributed by atoms with van der Waals surface area (Å²) in [6.07, 6.45) is 0.243. The zero-order chi connectivity index (χ0) is 12.2. The molecular weight excluding hydrogens is 228 g/mol. The Hall–Kier alpha value is -1.20. The molecule has 1 atom stereocenters. The van der Waals surface area contributed by atoms with Crippen molar-refractivity contribution in [3.05, 3.63) is 35.9 Å². The Morgan fingerprint density at radius 3 is 2.31 bits per heavy atom. The van der Waals surface area contributed by atoms with Gasteiger partial charge >= 0.3 is 0 Å². The molecule has 0 spiro atoms. The first-order valence-corrected chi connectivity index (χ1v) is 5.92.